The van der Waals surface area contributed by atoms with Crippen LogP contribution in [0.2, 0.25) is 0 Å². The summed E-state index contributed by atoms with van der Waals surface area (Å²) in [5, 5.41) is 0. The zero-order valence-corrected chi connectivity index (χ0v) is 9.82. The zero-order chi connectivity index (χ0) is 9.86. The summed E-state index contributed by atoms with van der Waals surface area (Å²) >= 11 is 2.09. The Hall–Kier alpha value is 0.270. The molecule has 1 aliphatic heterocycles. The van der Waals surface area contributed by atoms with Crippen molar-refractivity contribution >= 4 is 11.8 Å². The molecule has 14 heavy (non-hydrogen) atoms. The molecule has 2 fully saturated rings. The van der Waals surface area contributed by atoms with Crippen molar-refractivity contribution in [3.8, 4) is 0 Å². The van der Waals surface area contributed by atoms with Crippen molar-refractivity contribution in [2.45, 2.75) is 37.6 Å². The standard InChI is InChI=1S/C11H22N2S/c12-11(4-1-2-5-11)10-13-6-3-8-14-9-7-13/h1-10,12H2. The predicted octanol–water partition coefficient (Wildman–Crippen LogP) is 1.70. The van der Waals surface area contributed by atoms with Crippen LogP contribution in [0.3, 0.4) is 0 Å². The fourth-order valence-electron chi connectivity index (χ4n) is 2.64. The summed E-state index contributed by atoms with van der Waals surface area (Å²) in [6.45, 7) is 3.67. The van der Waals surface area contributed by atoms with Crippen LogP contribution < -0.4 is 5.73 Å². The Morgan fingerprint density at radius 2 is 1.86 bits per heavy atom. The molecule has 0 aromatic heterocycles. The quantitative estimate of drug-likeness (QED) is 0.758. The maximum absolute atomic E-state index is 6.39. The molecule has 0 spiro atoms. The van der Waals surface area contributed by atoms with E-state index >= 15 is 0 Å². The van der Waals surface area contributed by atoms with Crippen LogP contribution in [0.25, 0.3) is 0 Å². The van der Waals surface area contributed by atoms with E-state index < -0.39 is 0 Å². The fourth-order valence-corrected chi connectivity index (χ4v) is 3.56. The molecule has 3 heteroatoms. The summed E-state index contributed by atoms with van der Waals surface area (Å²) in [6.07, 6.45) is 6.53. The lowest BCUT2D eigenvalue weighted by Gasteiger charge is -2.31. The smallest absolute Gasteiger partial charge is 0.0283 e. The van der Waals surface area contributed by atoms with Crippen LogP contribution in [0.15, 0.2) is 0 Å². The van der Waals surface area contributed by atoms with E-state index in [0.29, 0.717) is 0 Å². The Labute approximate surface area is 91.6 Å². The minimum Gasteiger partial charge on any atom is -0.324 e. The molecule has 0 bridgehead atoms. The molecule has 0 radical (unpaired) electrons. The van der Waals surface area contributed by atoms with Gasteiger partial charge in [-0.2, -0.15) is 11.8 Å². The first-order valence-corrected chi connectivity index (χ1v) is 7.03. The van der Waals surface area contributed by atoms with Crippen molar-refractivity contribution < 1.29 is 0 Å². The molecule has 2 N–H and O–H groups in total. The van der Waals surface area contributed by atoms with E-state index in [2.05, 4.69) is 16.7 Å². The largest absolute Gasteiger partial charge is 0.324 e. The first-order valence-electron chi connectivity index (χ1n) is 5.88. The number of hydrogen-bond donors (Lipinski definition) is 1. The molecule has 0 unspecified atom stereocenters. The Bertz CT molecular complexity index is 170. The molecule has 82 valence electrons. The highest BCUT2D eigenvalue weighted by Crippen LogP contribution is 2.28. The van der Waals surface area contributed by atoms with Gasteiger partial charge in [0, 0.05) is 24.4 Å². The van der Waals surface area contributed by atoms with Crippen LogP contribution >= 0.6 is 11.8 Å². The Morgan fingerprint density at radius 3 is 2.64 bits per heavy atom. The van der Waals surface area contributed by atoms with Gasteiger partial charge in [0.05, 0.1) is 0 Å². The van der Waals surface area contributed by atoms with Gasteiger partial charge in [-0.05, 0) is 31.6 Å². The number of nitrogens with two attached hydrogens (primary N) is 1. The van der Waals surface area contributed by atoms with Gasteiger partial charge in [0.25, 0.3) is 0 Å². The Balaban J connectivity index is 1.82. The van der Waals surface area contributed by atoms with Crippen LogP contribution in [-0.4, -0.2) is 41.6 Å². The second-order valence-electron chi connectivity index (χ2n) is 4.81. The molecule has 2 rings (SSSR count). The maximum Gasteiger partial charge on any atom is 0.0283 e. The summed E-state index contributed by atoms with van der Waals surface area (Å²) in [5.74, 6) is 2.64. The second-order valence-corrected chi connectivity index (χ2v) is 6.04. The number of hydrogen-bond acceptors (Lipinski definition) is 3. The molecule has 0 aromatic rings. The van der Waals surface area contributed by atoms with Crippen molar-refractivity contribution in [2.75, 3.05) is 31.1 Å². The van der Waals surface area contributed by atoms with E-state index in [9.17, 15) is 0 Å². The summed E-state index contributed by atoms with van der Waals surface area (Å²) in [7, 11) is 0. The van der Waals surface area contributed by atoms with Gasteiger partial charge in [0.2, 0.25) is 0 Å². The van der Waals surface area contributed by atoms with Gasteiger partial charge in [-0.1, -0.05) is 12.8 Å². The van der Waals surface area contributed by atoms with Crippen molar-refractivity contribution in [3.63, 3.8) is 0 Å². The number of rotatable bonds is 2. The topological polar surface area (TPSA) is 29.3 Å². The van der Waals surface area contributed by atoms with E-state index in [4.69, 9.17) is 5.73 Å². The lowest BCUT2D eigenvalue weighted by atomic mass is 9.98. The second kappa shape index (κ2) is 4.86. The van der Waals surface area contributed by atoms with Crippen LogP contribution in [0.1, 0.15) is 32.1 Å². The normalized spacial score (nSPS) is 28.9. The van der Waals surface area contributed by atoms with Crippen molar-refractivity contribution in [1.29, 1.82) is 0 Å². The van der Waals surface area contributed by atoms with Gasteiger partial charge in [-0.3, -0.25) is 0 Å². The first-order chi connectivity index (χ1) is 6.79. The molecule has 1 saturated heterocycles. The van der Waals surface area contributed by atoms with E-state index in [1.165, 1.54) is 56.7 Å². The number of thioether (sulfide) groups is 1. The maximum atomic E-state index is 6.39. The summed E-state index contributed by atoms with van der Waals surface area (Å²) in [6, 6.07) is 0. The van der Waals surface area contributed by atoms with Gasteiger partial charge in [-0.25, -0.2) is 0 Å². The Morgan fingerprint density at radius 1 is 1.07 bits per heavy atom. The molecule has 0 atom stereocenters. The average Bonchev–Trinajstić information content (AvgIpc) is 2.43. The van der Waals surface area contributed by atoms with Crippen molar-refractivity contribution in [3.05, 3.63) is 0 Å². The van der Waals surface area contributed by atoms with Gasteiger partial charge >= 0.3 is 0 Å². The third kappa shape index (κ3) is 2.88. The highest BCUT2D eigenvalue weighted by Gasteiger charge is 2.31. The number of nitrogens with zero attached hydrogens (tertiary/aromatic N) is 1. The third-order valence-electron chi connectivity index (χ3n) is 3.45. The summed E-state index contributed by atoms with van der Waals surface area (Å²) < 4.78 is 0. The zero-order valence-electron chi connectivity index (χ0n) is 9.00. The minimum absolute atomic E-state index is 0.162. The van der Waals surface area contributed by atoms with Crippen molar-refractivity contribution in [2.24, 2.45) is 5.73 Å². The minimum atomic E-state index is 0.162. The molecule has 0 aromatic carbocycles. The van der Waals surface area contributed by atoms with Gasteiger partial charge in [0.15, 0.2) is 0 Å². The van der Waals surface area contributed by atoms with Crippen molar-refractivity contribution in [1.82, 2.24) is 4.90 Å². The lowest BCUT2D eigenvalue weighted by molar-refractivity contribution is 0.222. The van der Waals surface area contributed by atoms with E-state index in [0.717, 1.165) is 6.54 Å². The van der Waals surface area contributed by atoms with Crippen LogP contribution in [0, 0.1) is 0 Å². The summed E-state index contributed by atoms with van der Waals surface area (Å²) in [5.41, 5.74) is 6.55. The third-order valence-corrected chi connectivity index (χ3v) is 4.50. The Kier molecular flexibility index (Phi) is 3.74. The molecule has 1 saturated carbocycles. The monoisotopic (exact) mass is 214 g/mol. The highest BCUT2D eigenvalue weighted by atomic mass is 32.2. The predicted molar refractivity (Wildman–Crippen MR) is 63.8 cm³/mol. The molecular formula is C11H22N2S. The average molecular weight is 214 g/mol. The lowest BCUT2D eigenvalue weighted by Crippen LogP contribution is -2.48. The highest BCUT2D eigenvalue weighted by molar-refractivity contribution is 7.99. The van der Waals surface area contributed by atoms with Crippen LogP contribution in [0.4, 0.5) is 0 Å². The first kappa shape index (κ1) is 10.8. The van der Waals surface area contributed by atoms with Crippen LogP contribution in [-0.2, 0) is 0 Å². The SMILES string of the molecule is NC1(CN2CCCSCC2)CCCC1. The van der Waals surface area contributed by atoms with Gasteiger partial charge in [-0.15, -0.1) is 0 Å². The molecule has 1 heterocycles. The van der Waals surface area contributed by atoms with E-state index in [-0.39, 0.29) is 5.54 Å². The van der Waals surface area contributed by atoms with Gasteiger partial charge in [0.1, 0.15) is 0 Å². The van der Waals surface area contributed by atoms with Crippen LogP contribution in [0.5, 0.6) is 0 Å². The molecule has 1 aliphatic carbocycles. The van der Waals surface area contributed by atoms with E-state index in [1.54, 1.807) is 0 Å². The molecule has 2 nitrogen and oxygen atoms in total. The van der Waals surface area contributed by atoms with E-state index in [1.807, 2.05) is 0 Å². The summed E-state index contributed by atoms with van der Waals surface area (Å²) in [4.78, 5) is 2.59. The molecular weight excluding hydrogens is 192 g/mol. The molecule has 2 aliphatic rings. The van der Waals surface area contributed by atoms with Gasteiger partial charge < -0.3 is 10.6 Å². The molecule has 0 amide bonds. The fraction of sp³-hybridized carbons (Fsp3) is 1.00.